The zero-order valence-corrected chi connectivity index (χ0v) is 9.14. The van der Waals surface area contributed by atoms with Crippen LogP contribution in [0.4, 0.5) is 5.82 Å². The van der Waals surface area contributed by atoms with Gasteiger partial charge in [0.2, 0.25) is 0 Å². The molecule has 16 heavy (non-hydrogen) atoms. The first-order valence-electron chi connectivity index (χ1n) is 5.40. The molecular weight excluding hydrogens is 202 g/mol. The minimum Gasteiger partial charge on any atom is -0.382 e. The molecule has 2 N–H and O–H groups in total. The second-order valence-corrected chi connectivity index (χ2v) is 4.12. The third kappa shape index (κ3) is 1.28. The molecule has 3 rings (SSSR count). The molecule has 0 bridgehead atoms. The number of aryl methyl sites for hydroxylation is 2. The Labute approximate surface area is 93.3 Å². The number of hydrogen-bond acceptors (Lipinski definition) is 4. The fraction of sp³-hybridized carbons (Fsp3) is 0.364. The molecule has 5 nitrogen and oxygen atoms in total. The van der Waals surface area contributed by atoms with Gasteiger partial charge in [-0.25, -0.2) is 14.6 Å². The van der Waals surface area contributed by atoms with Gasteiger partial charge in [-0.1, -0.05) is 0 Å². The predicted octanol–water partition coefficient (Wildman–Crippen LogP) is 1.04. The standard InChI is InChI=1S/C11H13N5/c1-7-5-16(15-10(7)12)11-8-3-2-4-9(8)13-6-14-11/h5-6H,2-4H2,1H3,(H2,12,15). The molecule has 2 heterocycles. The highest BCUT2D eigenvalue weighted by Gasteiger charge is 2.18. The lowest BCUT2D eigenvalue weighted by molar-refractivity contribution is 0.822. The molecule has 0 saturated heterocycles. The van der Waals surface area contributed by atoms with Crippen LogP contribution in [0.25, 0.3) is 5.82 Å². The number of nitrogens with two attached hydrogens (primary N) is 1. The Morgan fingerprint density at radius 3 is 2.94 bits per heavy atom. The van der Waals surface area contributed by atoms with E-state index in [1.54, 1.807) is 11.0 Å². The fourth-order valence-electron chi connectivity index (χ4n) is 2.12. The summed E-state index contributed by atoms with van der Waals surface area (Å²) < 4.78 is 1.76. The quantitative estimate of drug-likeness (QED) is 0.771. The number of anilines is 1. The Kier molecular flexibility index (Phi) is 1.92. The largest absolute Gasteiger partial charge is 0.382 e. The van der Waals surface area contributed by atoms with Crippen LogP contribution in [-0.2, 0) is 12.8 Å². The van der Waals surface area contributed by atoms with Gasteiger partial charge in [0, 0.05) is 23.0 Å². The molecule has 2 aromatic heterocycles. The van der Waals surface area contributed by atoms with Gasteiger partial charge in [-0.3, -0.25) is 0 Å². The van der Waals surface area contributed by atoms with Crippen molar-refractivity contribution in [3.63, 3.8) is 0 Å². The maximum atomic E-state index is 5.75. The average molecular weight is 215 g/mol. The van der Waals surface area contributed by atoms with Crippen molar-refractivity contribution >= 4 is 5.82 Å². The molecule has 0 fully saturated rings. The first-order valence-corrected chi connectivity index (χ1v) is 5.40. The third-order valence-electron chi connectivity index (χ3n) is 3.00. The number of nitrogens with zero attached hydrogens (tertiary/aromatic N) is 4. The van der Waals surface area contributed by atoms with Crippen LogP contribution in [0.15, 0.2) is 12.5 Å². The molecule has 0 unspecified atom stereocenters. The van der Waals surface area contributed by atoms with E-state index >= 15 is 0 Å². The van der Waals surface area contributed by atoms with Crippen molar-refractivity contribution in [1.29, 1.82) is 0 Å². The molecule has 1 aliphatic carbocycles. The van der Waals surface area contributed by atoms with E-state index in [0.29, 0.717) is 5.82 Å². The van der Waals surface area contributed by atoms with E-state index < -0.39 is 0 Å². The Bertz CT molecular complexity index is 524. The second kappa shape index (κ2) is 3.30. The molecule has 1 aliphatic rings. The maximum Gasteiger partial charge on any atom is 0.160 e. The van der Waals surface area contributed by atoms with Crippen molar-refractivity contribution < 1.29 is 0 Å². The zero-order valence-electron chi connectivity index (χ0n) is 9.14. The van der Waals surface area contributed by atoms with E-state index in [1.807, 2.05) is 13.1 Å². The molecule has 0 aliphatic heterocycles. The van der Waals surface area contributed by atoms with Crippen LogP contribution in [0.3, 0.4) is 0 Å². The predicted molar refractivity (Wildman–Crippen MR) is 60.3 cm³/mol. The van der Waals surface area contributed by atoms with Crippen LogP contribution in [0, 0.1) is 6.92 Å². The third-order valence-corrected chi connectivity index (χ3v) is 3.00. The maximum absolute atomic E-state index is 5.75. The smallest absolute Gasteiger partial charge is 0.160 e. The Hall–Kier alpha value is -1.91. The highest BCUT2D eigenvalue weighted by atomic mass is 15.3. The highest BCUT2D eigenvalue weighted by molar-refractivity contribution is 5.43. The first kappa shape index (κ1) is 9.33. The topological polar surface area (TPSA) is 69.6 Å². The van der Waals surface area contributed by atoms with Gasteiger partial charge >= 0.3 is 0 Å². The lowest BCUT2D eigenvalue weighted by Crippen LogP contribution is -2.05. The molecule has 82 valence electrons. The number of hydrogen-bond donors (Lipinski definition) is 1. The van der Waals surface area contributed by atoms with Gasteiger partial charge < -0.3 is 5.73 Å². The molecule has 0 radical (unpaired) electrons. The van der Waals surface area contributed by atoms with Crippen molar-refractivity contribution in [2.24, 2.45) is 0 Å². The number of rotatable bonds is 1. The van der Waals surface area contributed by atoms with Crippen LogP contribution < -0.4 is 5.73 Å². The normalized spacial score (nSPS) is 14.1. The fourth-order valence-corrected chi connectivity index (χ4v) is 2.12. The van der Waals surface area contributed by atoms with Gasteiger partial charge in [-0.15, -0.1) is 5.10 Å². The van der Waals surface area contributed by atoms with Gasteiger partial charge in [-0.2, -0.15) is 0 Å². The van der Waals surface area contributed by atoms with E-state index in [1.165, 1.54) is 5.56 Å². The monoisotopic (exact) mass is 215 g/mol. The van der Waals surface area contributed by atoms with Crippen LogP contribution in [-0.4, -0.2) is 19.7 Å². The summed E-state index contributed by atoms with van der Waals surface area (Å²) >= 11 is 0. The van der Waals surface area contributed by atoms with Crippen molar-refractivity contribution in [3.05, 3.63) is 29.3 Å². The van der Waals surface area contributed by atoms with Crippen molar-refractivity contribution in [2.45, 2.75) is 26.2 Å². The molecule has 0 aromatic carbocycles. The second-order valence-electron chi connectivity index (χ2n) is 4.12. The summed E-state index contributed by atoms with van der Waals surface area (Å²) in [6.45, 7) is 1.94. The van der Waals surface area contributed by atoms with Gasteiger partial charge in [-0.05, 0) is 26.2 Å². The lowest BCUT2D eigenvalue weighted by atomic mass is 10.2. The van der Waals surface area contributed by atoms with Gasteiger partial charge in [0.15, 0.2) is 5.82 Å². The number of fused-ring (bicyclic) bond motifs is 1. The molecule has 0 amide bonds. The minimum atomic E-state index is 0.561. The van der Waals surface area contributed by atoms with E-state index in [9.17, 15) is 0 Å². The average Bonchev–Trinajstić information content (AvgIpc) is 2.85. The van der Waals surface area contributed by atoms with E-state index in [4.69, 9.17) is 5.73 Å². The van der Waals surface area contributed by atoms with Crippen molar-refractivity contribution in [1.82, 2.24) is 19.7 Å². The van der Waals surface area contributed by atoms with Crippen LogP contribution >= 0.6 is 0 Å². The van der Waals surface area contributed by atoms with Gasteiger partial charge in [0.25, 0.3) is 0 Å². The Balaban J connectivity index is 2.17. The van der Waals surface area contributed by atoms with E-state index in [2.05, 4.69) is 15.1 Å². The Morgan fingerprint density at radius 1 is 1.31 bits per heavy atom. The number of nitrogen functional groups attached to an aromatic ring is 1. The SMILES string of the molecule is Cc1cn(-c2ncnc3c2CCC3)nc1N. The van der Waals surface area contributed by atoms with Gasteiger partial charge in [0.1, 0.15) is 12.1 Å². The van der Waals surface area contributed by atoms with E-state index in [0.717, 1.165) is 36.3 Å². The van der Waals surface area contributed by atoms with Crippen LogP contribution in [0.1, 0.15) is 23.2 Å². The zero-order chi connectivity index (χ0) is 11.1. The minimum absolute atomic E-state index is 0.561. The molecular formula is C11H13N5. The van der Waals surface area contributed by atoms with Crippen LogP contribution in [0.2, 0.25) is 0 Å². The summed E-state index contributed by atoms with van der Waals surface area (Å²) in [7, 11) is 0. The molecule has 0 atom stereocenters. The summed E-state index contributed by atoms with van der Waals surface area (Å²) in [4.78, 5) is 8.60. The number of aromatic nitrogens is 4. The van der Waals surface area contributed by atoms with Crippen molar-refractivity contribution in [2.75, 3.05) is 5.73 Å². The summed E-state index contributed by atoms with van der Waals surface area (Å²) in [6, 6.07) is 0. The van der Waals surface area contributed by atoms with Crippen molar-refractivity contribution in [3.8, 4) is 5.82 Å². The van der Waals surface area contributed by atoms with E-state index in [-0.39, 0.29) is 0 Å². The molecule has 2 aromatic rings. The molecule has 5 heteroatoms. The highest BCUT2D eigenvalue weighted by Crippen LogP contribution is 2.24. The lowest BCUT2D eigenvalue weighted by Gasteiger charge is -2.05. The summed E-state index contributed by atoms with van der Waals surface area (Å²) in [5, 5.41) is 4.26. The summed E-state index contributed by atoms with van der Waals surface area (Å²) in [6.07, 6.45) is 6.74. The molecule has 0 saturated carbocycles. The summed E-state index contributed by atoms with van der Waals surface area (Å²) in [5.41, 5.74) is 9.09. The van der Waals surface area contributed by atoms with Gasteiger partial charge in [0.05, 0.1) is 0 Å². The Morgan fingerprint density at radius 2 is 2.19 bits per heavy atom. The first-order chi connectivity index (χ1) is 7.75. The molecule has 0 spiro atoms. The summed E-state index contributed by atoms with van der Waals surface area (Å²) in [5.74, 6) is 1.44. The van der Waals surface area contributed by atoms with Crippen LogP contribution in [0.5, 0.6) is 0 Å².